The second kappa shape index (κ2) is 14.3. The van der Waals surface area contributed by atoms with Crippen LogP contribution in [0.1, 0.15) is 59.3 Å². The Bertz CT molecular complexity index is 330. The third-order valence-corrected chi connectivity index (χ3v) is 3.49. The second-order valence-corrected chi connectivity index (χ2v) is 5.82. The minimum atomic E-state index is 0. The Hall–Kier alpha value is -0.300. The highest BCUT2D eigenvalue weighted by molar-refractivity contribution is 14.0. The molecule has 0 amide bonds. The summed E-state index contributed by atoms with van der Waals surface area (Å²) in [6.07, 6.45) is 10.1. The molecule has 1 aliphatic carbocycles. The van der Waals surface area contributed by atoms with Crippen LogP contribution in [-0.4, -0.2) is 38.3 Å². The molecule has 0 spiro atoms. The van der Waals surface area contributed by atoms with Gasteiger partial charge in [-0.15, -0.1) is 24.0 Å². The molecule has 0 radical (unpaired) electrons. The summed E-state index contributed by atoms with van der Waals surface area (Å²) in [7, 11) is 0. The van der Waals surface area contributed by atoms with E-state index in [1.54, 1.807) is 5.57 Å². The van der Waals surface area contributed by atoms with E-state index < -0.39 is 0 Å². The molecule has 0 aromatic carbocycles. The molecule has 4 nitrogen and oxygen atoms in total. The monoisotopic (exact) mass is 423 g/mol. The zero-order valence-corrected chi connectivity index (χ0v) is 16.8. The minimum absolute atomic E-state index is 0. The highest BCUT2D eigenvalue weighted by atomic mass is 127. The first-order chi connectivity index (χ1) is 10.2. The highest BCUT2D eigenvalue weighted by Crippen LogP contribution is 2.19. The number of aliphatic imine (C=N–C) groups is 1. The lowest BCUT2D eigenvalue weighted by molar-refractivity contribution is 0.0782. The summed E-state index contributed by atoms with van der Waals surface area (Å²) in [6.45, 7) is 9.70. The molecule has 1 aliphatic rings. The molecule has 1 rings (SSSR count). The van der Waals surface area contributed by atoms with Crippen molar-refractivity contribution in [3.05, 3.63) is 11.6 Å². The predicted molar refractivity (Wildman–Crippen MR) is 106 cm³/mol. The molecule has 0 bridgehead atoms. The van der Waals surface area contributed by atoms with Crippen molar-refractivity contribution in [2.75, 3.05) is 26.2 Å². The smallest absolute Gasteiger partial charge is 0.191 e. The molecule has 0 unspecified atom stereocenters. The summed E-state index contributed by atoms with van der Waals surface area (Å²) in [4.78, 5) is 4.59. The van der Waals surface area contributed by atoms with Gasteiger partial charge in [0.1, 0.15) is 0 Å². The molecule has 5 heteroatoms. The quantitative estimate of drug-likeness (QED) is 0.195. The molecule has 0 saturated heterocycles. The van der Waals surface area contributed by atoms with Crippen LogP contribution in [0.3, 0.4) is 0 Å². The van der Waals surface area contributed by atoms with Crippen LogP contribution in [0.5, 0.6) is 0 Å². The molecule has 22 heavy (non-hydrogen) atoms. The van der Waals surface area contributed by atoms with Gasteiger partial charge in [0.2, 0.25) is 0 Å². The maximum atomic E-state index is 5.53. The van der Waals surface area contributed by atoms with Gasteiger partial charge in [-0.05, 0) is 59.3 Å². The fraction of sp³-hybridized carbons (Fsp3) is 0.824. The molecular weight excluding hydrogens is 389 g/mol. The van der Waals surface area contributed by atoms with Crippen LogP contribution < -0.4 is 10.6 Å². The molecule has 0 aromatic heterocycles. The predicted octanol–water partition coefficient (Wildman–Crippen LogP) is 3.87. The first-order valence-corrected chi connectivity index (χ1v) is 8.54. The Morgan fingerprint density at radius 1 is 1.32 bits per heavy atom. The van der Waals surface area contributed by atoms with Crippen LogP contribution >= 0.6 is 24.0 Å². The van der Waals surface area contributed by atoms with Crippen LogP contribution in [0.25, 0.3) is 0 Å². The summed E-state index contributed by atoms with van der Waals surface area (Å²) in [6, 6.07) is 0. The fourth-order valence-corrected chi connectivity index (χ4v) is 2.39. The normalized spacial score (nSPS) is 15.3. The molecule has 0 saturated carbocycles. The van der Waals surface area contributed by atoms with Gasteiger partial charge in [-0.3, -0.25) is 4.99 Å². The molecule has 0 atom stereocenters. The third-order valence-electron chi connectivity index (χ3n) is 3.49. The van der Waals surface area contributed by atoms with Crippen LogP contribution in [0, 0.1) is 0 Å². The number of allylic oxidation sites excluding steroid dienone is 1. The zero-order valence-electron chi connectivity index (χ0n) is 14.5. The first kappa shape index (κ1) is 21.7. The SMILES string of the molecule is CCNC(=NCCCOC(C)C)NCCC1=CCCCC1.I. The van der Waals surface area contributed by atoms with Gasteiger partial charge in [-0.2, -0.15) is 0 Å². The van der Waals surface area contributed by atoms with Gasteiger partial charge in [0.05, 0.1) is 6.10 Å². The van der Waals surface area contributed by atoms with Crippen molar-refractivity contribution in [2.45, 2.75) is 65.4 Å². The van der Waals surface area contributed by atoms with E-state index in [4.69, 9.17) is 4.74 Å². The van der Waals surface area contributed by atoms with E-state index in [2.05, 4.69) is 42.5 Å². The standard InChI is InChI=1S/C17H33N3O.HI/c1-4-18-17(19-12-8-14-21-15(2)3)20-13-11-16-9-6-5-7-10-16;/h9,15H,4-8,10-14H2,1-3H3,(H2,18,19,20);1H. The first-order valence-electron chi connectivity index (χ1n) is 8.54. The van der Waals surface area contributed by atoms with Crippen molar-refractivity contribution >= 4 is 29.9 Å². The summed E-state index contributed by atoms with van der Waals surface area (Å²) in [5.74, 6) is 0.929. The second-order valence-electron chi connectivity index (χ2n) is 5.82. The summed E-state index contributed by atoms with van der Waals surface area (Å²) >= 11 is 0. The van der Waals surface area contributed by atoms with Gasteiger partial charge in [0.15, 0.2) is 5.96 Å². The lowest BCUT2D eigenvalue weighted by Crippen LogP contribution is -2.38. The van der Waals surface area contributed by atoms with Gasteiger partial charge < -0.3 is 15.4 Å². The van der Waals surface area contributed by atoms with Gasteiger partial charge in [0, 0.05) is 26.2 Å². The van der Waals surface area contributed by atoms with Gasteiger partial charge in [-0.1, -0.05) is 11.6 Å². The molecule has 130 valence electrons. The topological polar surface area (TPSA) is 45.7 Å². The lowest BCUT2D eigenvalue weighted by atomic mass is 9.97. The average Bonchev–Trinajstić information content (AvgIpc) is 2.47. The maximum absolute atomic E-state index is 5.53. The maximum Gasteiger partial charge on any atom is 0.191 e. The van der Waals surface area contributed by atoms with E-state index >= 15 is 0 Å². The largest absolute Gasteiger partial charge is 0.379 e. The number of rotatable bonds is 9. The molecular formula is C17H34IN3O. The summed E-state index contributed by atoms with van der Waals surface area (Å²) < 4.78 is 5.53. The van der Waals surface area contributed by atoms with Crippen molar-refractivity contribution < 1.29 is 4.74 Å². The molecule has 0 fully saturated rings. The Kier molecular flexibility index (Phi) is 14.1. The van der Waals surface area contributed by atoms with Gasteiger partial charge in [0.25, 0.3) is 0 Å². The molecule has 0 aliphatic heterocycles. The van der Waals surface area contributed by atoms with Crippen LogP contribution in [0.15, 0.2) is 16.6 Å². The van der Waals surface area contributed by atoms with Crippen molar-refractivity contribution in [2.24, 2.45) is 4.99 Å². The zero-order chi connectivity index (χ0) is 15.3. The lowest BCUT2D eigenvalue weighted by Gasteiger charge is -2.15. The number of nitrogens with one attached hydrogen (secondary N) is 2. The van der Waals surface area contributed by atoms with Crippen molar-refractivity contribution in [3.63, 3.8) is 0 Å². The molecule has 0 aromatic rings. The summed E-state index contributed by atoms with van der Waals surface area (Å²) in [5, 5.41) is 6.72. The Morgan fingerprint density at radius 2 is 2.14 bits per heavy atom. The number of halogens is 1. The molecule has 2 N–H and O–H groups in total. The highest BCUT2D eigenvalue weighted by Gasteiger charge is 2.04. The fourth-order valence-electron chi connectivity index (χ4n) is 2.39. The van der Waals surface area contributed by atoms with Crippen molar-refractivity contribution in [1.29, 1.82) is 0 Å². The van der Waals surface area contributed by atoms with Crippen LogP contribution in [0.2, 0.25) is 0 Å². The van der Waals surface area contributed by atoms with Crippen molar-refractivity contribution in [3.8, 4) is 0 Å². The van der Waals surface area contributed by atoms with Crippen LogP contribution in [0.4, 0.5) is 0 Å². The van der Waals surface area contributed by atoms with Gasteiger partial charge in [-0.25, -0.2) is 0 Å². The van der Waals surface area contributed by atoms with Crippen LogP contribution in [-0.2, 0) is 4.74 Å². The van der Waals surface area contributed by atoms with Crippen molar-refractivity contribution in [1.82, 2.24) is 10.6 Å². The van der Waals surface area contributed by atoms with E-state index in [9.17, 15) is 0 Å². The van der Waals surface area contributed by atoms with E-state index in [0.717, 1.165) is 45.0 Å². The number of guanidine groups is 1. The number of nitrogens with zero attached hydrogens (tertiary/aromatic N) is 1. The third kappa shape index (κ3) is 11.3. The van der Waals surface area contributed by atoms with E-state index in [-0.39, 0.29) is 24.0 Å². The Balaban J connectivity index is 0.00000441. The number of hydrogen-bond acceptors (Lipinski definition) is 2. The number of hydrogen-bond donors (Lipinski definition) is 2. The summed E-state index contributed by atoms with van der Waals surface area (Å²) in [5.41, 5.74) is 1.61. The minimum Gasteiger partial charge on any atom is -0.379 e. The van der Waals surface area contributed by atoms with E-state index in [1.807, 2.05) is 0 Å². The average molecular weight is 423 g/mol. The molecule has 0 heterocycles. The van der Waals surface area contributed by atoms with E-state index in [1.165, 1.54) is 25.7 Å². The van der Waals surface area contributed by atoms with Gasteiger partial charge >= 0.3 is 0 Å². The Morgan fingerprint density at radius 3 is 2.77 bits per heavy atom. The Labute approximate surface area is 153 Å². The van der Waals surface area contributed by atoms with E-state index in [0.29, 0.717) is 6.10 Å². The number of ether oxygens (including phenoxy) is 1.